The molecular formula is C23H18F3N5O. The zero-order chi connectivity index (χ0) is 22.6. The highest BCUT2D eigenvalue weighted by Gasteiger charge is 2.30. The maximum atomic E-state index is 12.8. The summed E-state index contributed by atoms with van der Waals surface area (Å²) in [5.41, 5.74) is 1.42. The average molecular weight is 437 g/mol. The molecule has 0 bridgehead atoms. The van der Waals surface area contributed by atoms with Crippen LogP contribution in [0.4, 0.5) is 35.2 Å². The van der Waals surface area contributed by atoms with Gasteiger partial charge in [0.2, 0.25) is 0 Å². The van der Waals surface area contributed by atoms with Gasteiger partial charge in [-0.05, 0) is 48.0 Å². The second-order valence-corrected chi connectivity index (χ2v) is 6.95. The molecular weight excluding hydrogens is 419 g/mol. The largest absolute Gasteiger partial charge is 0.416 e. The number of alkyl halides is 3. The first-order valence-corrected chi connectivity index (χ1v) is 9.66. The molecule has 0 spiro atoms. The van der Waals surface area contributed by atoms with Crippen molar-refractivity contribution in [3.8, 4) is 0 Å². The molecule has 0 aliphatic heterocycles. The van der Waals surface area contributed by atoms with Crippen molar-refractivity contribution in [2.45, 2.75) is 12.7 Å². The lowest BCUT2D eigenvalue weighted by atomic mass is 10.2. The SMILES string of the molecule is O=C(Nc1cccc(CNc2ncnc3ccccc23)c1)Nc1cccc(C(F)(F)F)c1. The predicted octanol–water partition coefficient (Wildman–Crippen LogP) is 5.90. The number of rotatable bonds is 5. The number of anilines is 3. The highest BCUT2D eigenvalue weighted by molar-refractivity contribution is 5.99. The Hall–Kier alpha value is -4.14. The molecule has 2 amide bonds. The molecule has 3 aromatic carbocycles. The van der Waals surface area contributed by atoms with Crippen molar-refractivity contribution in [3.05, 3.63) is 90.3 Å². The van der Waals surface area contributed by atoms with E-state index in [0.29, 0.717) is 18.1 Å². The van der Waals surface area contributed by atoms with Gasteiger partial charge in [0.05, 0.1) is 11.1 Å². The normalized spacial score (nSPS) is 11.2. The molecule has 0 aliphatic carbocycles. The van der Waals surface area contributed by atoms with Crippen LogP contribution in [0.5, 0.6) is 0 Å². The van der Waals surface area contributed by atoms with Gasteiger partial charge in [-0.2, -0.15) is 13.2 Å². The van der Waals surface area contributed by atoms with E-state index in [4.69, 9.17) is 0 Å². The molecule has 4 rings (SSSR count). The van der Waals surface area contributed by atoms with Gasteiger partial charge < -0.3 is 16.0 Å². The monoisotopic (exact) mass is 437 g/mol. The van der Waals surface area contributed by atoms with Crippen LogP contribution >= 0.6 is 0 Å². The van der Waals surface area contributed by atoms with Crippen LogP contribution in [0.1, 0.15) is 11.1 Å². The van der Waals surface area contributed by atoms with Crippen molar-refractivity contribution in [3.63, 3.8) is 0 Å². The molecule has 0 saturated heterocycles. The Balaban J connectivity index is 1.40. The molecule has 0 atom stereocenters. The molecule has 0 radical (unpaired) electrons. The highest BCUT2D eigenvalue weighted by atomic mass is 19.4. The van der Waals surface area contributed by atoms with Crippen LogP contribution in [0.3, 0.4) is 0 Å². The van der Waals surface area contributed by atoms with Crippen LogP contribution in [-0.2, 0) is 12.7 Å². The summed E-state index contributed by atoms with van der Waals surface area (Å²) in [6.07, 6.45) is -2.99. The van der Waals surface area contributed by atoms with E-state index in [1.165, 1.54) is 18.5 Å². The van der Waals surface area contributed by atoms with E-state index in [2.05, 4.69) is 25.9 Å². The first kappa shape index (κ1) is 21.1. The van der Waals surface area contributed by atoms with Crippen molar-refractivity contribution < 1.29 is 18.0 Å². The summed E-state index contributed by atoms with van der Waals surface area (Å²) in [7, 11) is 0. The minimum absolute atomic E-state index is 0.0470. The Labute approximate surface area is 181 Å². The number of urea groups is 1. The third-order valence-electron chi connectivity index (χ3n) is 4.64. The number of carbonyl (C=O) groups excluding carboxylic acids is 1. The minimum Gasteiger partial charge on any atom is -0.365 e. The number of hydrogen-bond donors (Lipinski definition) is 3. The van der Waals surface area contributed by atoms with E-state index in [1.54, 1.807) is 18.2 Å². The third kappa shape index (κ3) is 5.12. The molecule has 0 saturated carbocycles. The molecule has 4 aromatic rings. The Bertz CT molecular complexity index is 1250. The van der Waals surface area contributed by atoms with Gasteiger partial charge in [-0.25, -0.2) is 14.8 Å². The molecule has 162 valence electrons. The van der Waals surface area contributed by atoms with Crippen molar-refractivity contribution in [1.82, 2.24) is 9.97 Å². The van der Waals surface area contributed by atoms with Gasteiger partial charge in [0, 0.05) is 23.3 Å². The van der Waals surface area contributed by atoms with Crippen molar-refractivity contribution in [1.29, 1.82) is 0 Å². The molecule has 0 fully saturated rings. The number of amides is 2. The van der Waals surface area contributed by atoms with E-state index >= 15 is 0 Å². The molecule has 3 N–H and O–H groups in total. The fourth-order valence-electron chi connectivity index (χ4n) is 3.16. The summed E-state index contributed by atoms with van der Waals surface area (Å²) in [4.78, 5) is 20.8. The Morgan fingerprint density at radius 1 is 0.844 bits per heavy atom. The number of nitrogens with one attached hydrogen (secondary N) is 3. The zero-order valence-electron chi connectivity index (χ0n) is 16.6. The smallest absolute Gasteiger partial charge is 0.365 e. The summed E-state index contributed by atoms with van der Waals surface area (Å²) >= 11 is 0. The van der Waals surface area contributed by atoms with Crippen LogP contribution in [0.25, 0.3) is 10.9 Å². The van der Waals surface area contributed by atoms with E-state index in [1.807, 2.05) is 30.3 Å². The average Bonchev–Trinajstić information content (AvgIpc) is 2.77. The number of aromatic nitrogens is 2. The van der Waals surface area contributed by atoms with Crippen molar-refractivity contribution in [2.24, 2.45) is 0 Å². The van der Waals surface area contributed by atoms with Gasteiger partial charge in [-0.15, -0.1) is 0 Å². The summed E-state index contributed by atoms with van der Waals surface area (Å²) < 4.78 is 38.5. The lowest BCUT2D eigenvalue weighted by molar-refractivity contribution is -0.137. The van der Waals surface area contributed by atoms with E-state index < -0.39 is 17.8 Å². The number of fused-ring (bicyclic) bond motifs is 1. The van der Waals surface area contributed by atoms with Crippen molar-refractivity contribution >= 4 is 34.1 Å². The first-order chi connectivity index (χ1) is 15.4. The summed E-state index contributed by atoms with van der Waals surface area (Å²) in [5.74, 6) is 0.691. The quantitative estimate of drug-likeness (QED) is 0.363. The zero-order valence-corrected chi connectivity index (χ0v) is 16.6. The summed E-state index contributed by atoms with van der Waals surface area (Å²) in [6, 6.07) is 18.6. The molecule has 6 nitrogen and oxygen atoms in total. The molecule has 1 aromatic heterocycles. The van der Waals surface area contributed by atoms with Gasteiger partial charge in [-0.1, -0.05) is 30.3 Å². The standard InChI is InChI=1S/C23H18F3N5O/c24-23(25,26)16-6-4-8-18(12-16)31-22(32)30-17-7-3-5-15(11-17)13-27-21-19-9-1-2-10-20(19)28-14-29-21/h1-12,14H,13H2,(H,27,28,29)(H2,30,31,32). The molecule has 0 aliphatic rings. The maximum absolute atomic E-state index is 12.8. The number of para-hydroxylation sites is 1. The minimum atomic E-state index is -4.48. The van der Waals surface area contributed by atoms with E-state index in [9.17, 15) is 18.0 Å². The van der Waals surface area contributed by atoms with E-state index in [-0.39, 0.29) is 5.69 Å². The fraction of sp³-hybridized carbons (Fsp3) is 0.0870. The molecule has 1 heterocycles. The number of carbonyl (C=O) groups is 1. The van der Waals surface area contributed by atoms with Gasteiger partial charge in [-0.3, -0.25) is 0 Å². The van der Waals surface area contributed by atoms with Crippen LogP contribution in [0, 0.1) is 0 Å². The Kier molecular flexibility index (Phi) is 5.89. The molecule has 0 unspecified atom stereocenters. The lowest BCUT2D eigenvalue weighted by Crippen LogP contribution is -2.20. The van der Waals surface area contributed by atoms with Gasteiger partial charge in [0.15, 0.2) is 0 Å². The Morgan fingerprint density at radius 2 is 1.56 bits per heavy atom. The number of hydrogen-bond acceptors (Lipinski definition) is 4. The predicted molar refractivity (Wildman–Crippen MR) is 117 cm³/mol. The molecule has 32 heavy (non-hydrogen) atoms. The second-order valence-electron chi connectivity index (χ2n) is 6.95. The molecule has 9 heteroatoms. The Morgan fingerprint density at radius 3 is 2.34 bits per heavy atom. The van der Waals surface area contributed by atoms with Crippen LogP contribution in [0.2, 0.25) is 0 Å². The fourth-order valence-corrected chi connectivity index (χ4v) is 3.16. The van der Waals surface area contributed by atoms with E-state index in [0.717, 1.165) is 28.6 Å². The number of halogens is 3. The van der Waals surface area contributed by atoms with Gasteiger partial charge in [0.25, 0.3) is 0 Å². The first-order valence-electron chi connectivity index (χ1n) is 9.66. The lowest BCUT2D eigenvalue weighted by Gasteiger charge is -2.12. The highest BCUT2D eigenvalue weighted by Crippen LogP contribution is 2.30. The topological polar surface area (TPSA) is 78.9 Å². The number of nitrogens with zero attached hydrogens (tertiary/aromatic N) is 2. The van der Waals surface area contributed by atoms with Gasteiger partial charge >= 0.3 is 12.2 Å². The third-order valence-corrected chi connectivity index (χ3v) is 4.64. The van der Waals surface area contributed by atoms with Crippen molar-refractivity contribution in [2.75, 3.05) is 16.0 Å². The summed E-state index contributed by atoms with van der Waals surface area (Å²) in [5, 5.41) is 9.20. The van der Waals surface area contributed by atoms with Crippen LogP contribution in [0.15, 0.2) is 79.1 Å². The number of benzene rings is 3. The van der Waals surface area contributed by atoms with Gasteiger partial charge in [0.1, 0.15) is 12.1 Å². The van der Waals surface area contributed by atoms with Crippen LogP contribution in [-0.4, -0.2) is 16.0 Å². The summed E-state index contributed by atoms with van der Waals surface area (Å²) in [6.45, 7) is 0.450. The van der Waals surface area contributed by atoms with Crippen LogP contribution < -0.4 is 16.0 Å². The maximum Gasteiger partial charge on any atom is 0.416 e. The second kappa shape index (κ2) is 8.93.